The van der Waals surface area contributed by atoms with Gasteiger partial charge in [-0.2, -0.15) is 0 Å². The summed E-state index contributed by atoms with van der Waals surface area (Å²) in [7, 11) is 0. The lowest BCUT2D eigenvalue weighted by molar-refractivity contribution is 0.186. The maximum Gasteiger partial charge on any atom is 0.00193 e. The standard InChI is InChI=1S/C14H28N2/c1-12-4-5-14(8-12)11-16-7-3-6-15-9-13(2)10-16/h12-15H,3-11H2,1-2H3. The summed E-state index contributed by atoms with van der Waals surface area (Å²) < 4.78 is 0. The molecule has 1 aliphatic heterocycles. The number of hydrogen-bond donors (Lipinski definition) is 1. The predicted molar refractivity (Wildman–Crippen MR) is 69.6 cm³/mol. The van der Waals surface area contributed by atoms with Crippen LogP contribution in [-0.4, -0.2) is 37.6 Å². The van der Waals surface area contributed by atoms with Crippen LogP contribution in [-0.2, 0) is 0 Å². The lowest BCUT2D eigenvalue weighted by Crippen LogP contribution is -2.40. The molecule has 2 aliphatic rings. The molecule has 2 fully saturated rings. The van der Waals surface area contributed by atoms with Crippen LogP contribution in [0.1, 0.15) is 39.5 Å². The van der Waals surface area contributed by atoms with Gasteiger partial charge in [-0.05, 0) is 56.7 Å². The van der Waals surface area contributed by atoms with Gasteiger partial charge in [0.1, 0.15) is 0 Å². The molecule has 1 saturated heterocycles. The van der Waals surface area contributed by atoms with Crippen LogP contribution in [0.25, 0.3) is 0 Å². The Morgan fingerprint density at radius 2 is 2.06 bits per heavy atom. The molecule has 3 atom stereocenters. The molecule has 1 N–H and O–H groups in total. The molecule has 0 aromatic carbocycles. The van der Waals surface area contributed by atoms with Crippen LogP contribution in [0.3, 0.4) is 0 Å². The SMILES string of the molecule is CC1CCC(CN2CCCNCC(C)C2)C1. The van der Waals surface area contributed by atoms with Crippen molar-refractivity contribution in [2.45, 2.75) is 39.5 Å². The highest BCUT2D eigenvalue weighted by Gasteiger charge is 2.24. The van der Waals surface area contributed by atoms with Gasteiger partial charge >= 0.3 is 0 Å². The van der Waals surface area contributed by atoms with Crippen molar-refractivity contribution in [2.75, 3.05) is 32.7 Å². The molecular formula is C14H28N2. The third-order valence-electron chi connectivity index (χ3n) is 4.21. The van der Waals surface area contributed by atoms with Crippen molar-refractivity contribution < 1.29 is 0 Å². The molecule has 1 saturated carbocycles. The van der Waals surface area contributed by atoms with Crippen molar-refractivity contribution >= 4 is 0 Å². The Morgan fingerprint density at radius 1 is 1.19 bits per heavy atom. The van der Waals surface area contributed by atoms with E-state index < -0.39 is 0 Å². The Hall–Kier alpha value is -0.0800. The van der Waals surface area contributed by atoms with Gasteiger partial charge in [0.05, 0.1) is 0 Å². The maximum absolute atomic E-state index is 3.53. The van der Waals surface area contributed by atoms with Crippen LogP contribution in [0.4, 0.5) is 0 Å². The van der Waals surface area contributed by atoms with Crippen molar-refractivity contribution in [3.05, 3.63) is 0 Å². The molecule has 0 spiro atoms. The molecule has 16 heavy (non-hydrogen) atoms. The molecular weight excluding hydrogens is 196 g/mol. The van der Waals surface area contributed by atoms with Gasteiger partial charge in [-0.25, -0.2) is 0 Å². The lowest BCUT2D eigenvalue weighted by atomic mass is 10.0. The zero-order valence-electron chi connectivity index (χ0n) is 11.0. The van der Waals surface area contributed by atoms with E-state index in [1.54, 1.807) is 0 Å². The number of nitrogens with one attached hydrogen (secondary N) is 1. The maximum atomic E-state index is 3.53. The quantitative estimate of drug-likeness (QED) is 0.774. The van der Waals surface area contributed by atoms with Crippen molar-refractivity contribution in [3.8, 4) is 0 Å². The van der Waals surface area contributed by atoms with E-state index in [4.69, 9.17) is 0 Å². The highest BCUT2D eigenvalue weighted by molar-refractivity contribution is 4.78. The molecule has 3 unspecified atom stereocenters. The first-order valence-corrected chi connectivity index (χ1v) is 7.17. The van der Waals surface area contributed by atoms with Crippen LogP contribution >= 0.6 is 0 Å². The smallest absolute Gasteiger partial charge is 0.00193 e. The molecule has 2 heteroatoms. The third-order valence-corrected chi connectivity index (χ3v) is 4.21. The predicted octanol–water partition coefficient (Wildman–Crippen LogP) is 2.35. The first-order valence-electron chi connectivity index (χ1n) is 7.17. The second-order valence-corrected chi connectivity index (χ2v) is 6.21. The molecule has 1 aliphatic carbocycles. The number of hydrogen-bond acceptors (Lipinski definition) is 2. The van der Waals surface area contributed by atoms with Crippen LogP contribution in [0.5, 0.6) is 0 Å². The summed E-state index contributed by atoms with van der Waals surface area (Å²) in [6, 6.07) is 0. The first kappa shape index (κ1) is 12.4. The fourth-order valence-corrected chi connectivity index (χ4v) is 3.39. The van der Waals surface area contributed by atoms with Crippen molar-refractivity contribution in [3.63, 3.8) is 0 Å². The van der Waals surface area contributed by atoms with Crippen LogP contribution in [0.15, 0.2) is 0 Å². The van der Waals surface area contributed by atoms with Gasteiger partial charge in [0.25, 0.3) is 0 Å². The van der Waals surface area contributed by atoms with Gasteiger partial charge < -0.3 is 10.2 Å². The minimum atomic E-state index is 0.819. The Morgan fingerprint density at radius 3 is 2.81 bits per heavy atom. The molecule has 2 rings (SSSR count). The fraction of sp³-hybridized carbons (Fsp3) is 1.00. The third kappa shape index (κ3) is 3.74. The second-order valence-electron chi connectivity index (χ2n) is 6.21. The molecule has 94 valence electrons. The Kier molecular flexibility index (Phi) is 4.66. The van der Waals surface area contributed by atoms with E-state index in [9.17, 15) is 0 Å². The number of rotatable bonds is 2. The van der Waals surface area contributed by atoms with Crippen LogP contribution < -0.4 is 5.32 Å². The normalized spacial score (nSPS) is 38.2. The summed E-state index contributed by atoms with van der Waals surface area (Å²) in [5, 5.41) is 3.53. The van der Waals surface area contributed by atoms with E-state index in [0.717, 1.165) is 17.8 Å². The zero-order valence-corrected chi connectivity index (χ0v) is 11.0. The average Bonchev–Trinajstić information content (AvgIpc) is 2.60. The minimum absolute atomic E-state index is 0.819. The van der Waals surface area contributed by atoms with Crippen LogP contribution in [0, 0.1) is 17.8 Å². The van der Waals surface area contributed by atoms with Gasteiger partial charge in [0.2, 0.25) is 0 Å². The lowest BCUT2D eigenvalue weighted by Gasteiger charge is -2.30. The summed E-state index contributed by atoms with van der Waals surface area (Å²) >= 11 is 0. The van der Waals surface area contributed by atoms with E-state index in [0.29, 0.717) is 0 Å². The van der Waals surface area contributed by atoms with Gasteiger partial charge in [-0.1, -0.05) is 20.3 Å². The molecule has 0 aromatic rings. The summed E-state index contributed by atoms with van der Waals surface area (Å²) in [6.45, 7) is 11.2. The van der Waals surface area contributed by atoms with E-state index in [-0.39, 0.29) is 0 Å². The van der Waals surface area contributed by atoms with Crippen molar-refractivity contribution in [2.24, 2.45) is 17.8 Å². The van der Waals surface area contributed by atoms with Gasteiger partial charge in [-0.15, -0.1) is 0 Å². The van der Waals surface area contributed by atoms with Gasteiger partial charge in [0.15, 0.2) is 0 Å². The zero-order chi connectivity index (χ0) is 11.4. The van der Waals surface area contributed by atoms with Crippen molar-refractivity contribution in [1.29, 1.82) is 0 Å². The molecule has 2 nitrogen and oxygen atoms in total. The van der Waals surface area contributed by atoms with E-state index in [1.807, 2.05) is 0 Å². The van der Waals surface area contributed by atoms with Crippen molar-refractivity contribution in [1.82, 2.24) is 10.2 Å². The summed E-state index contributed by atoms with van der Waals surface area (Å²) in [5.41, 5.74) is 0. The van der Waals surface area contributed by atoms with Gasteiger partial charge in [-0.3, -0.25) is 0 Å². The second kappa shape index (κ2) is 6.02. The largest absolute Gasteiger partial charge is 0.316 e. The molecule has 0 amide bonds. The number of nitrogens with zero attached hydrogens (tertiary/aromatic N) is 1. The van der Waals surface area contributed by atoms with E-state index in [1.165, 1.54) is 58.4 Å². The topological polar surface area (TPSA) is 15.3 Å². The Balaban J connectivity index is 1.77. The van der Waals surface area contributed by atoms with E-state index in [2.05, 4.69) is 24.1 Å². The molecule has 0 bridgehead atoms. The van der Waals surface area contributed by atoms with Gasteiger partial charge in [0, 0.05) is 13.1 Å². The fourth-order valence-electron chi connectivity index (χ4n) is 3.39. The molecule has 1 heterocycles. The summed E-state index contributed by atoms with van der Waals surface area (Å²) in [5.74, 6) is 2.80. The average molecular weight is 224 g/mol. The minimum Gasteiger partial charge on any atom is -0.316 e. The van der Waals surface area contributed by atoms with E-state index >= 15 is 0 Å². The van der Waals surface area contributed by atoms with Crippen LogP contribution in [0.2, 0.25) is 0 Å². The first-order chi connectivity index (χ1) is 7.74. The highest BCUT2D eigenvalue weighted by Crippen LogP contribution is 2.31. The Bertz CT molecular complexity index is 205. The molecule has 0 aromatic heterocycles. The summed E-state index contributed by atoms with van der Waals surface area (Å²) in [4.78, 5) is 2.73. The Labute approximate surface area is 101 Å². The highest BCUT2D eigenvalue weighted by atomic mass is 15.1. The summed E-state index contributed by atoms with van der Waals surface area (Å²) in [6.07, 6.45) is 5.75. The molecule has 0 radical (unpaired) electrons. The monoisotopic (exact) mass is 224 g/mol.